The fourth-order valence-electron chi connectivity index (χ4n) is 0.876. The second-order valence-electron chi connectivity index (χ2n) is 3.31. The average Bonchev–Trinajstić information content (AvgIpc) is 2.19. The van der Waals surface area contributed by atoms with Gasteiger partial charge in [-0.1, -0.05) is 33.6 Å². The van der Waals surface area contributed by atoms with Crippen LogP contribution in [0.5, 0.6) is 0 Å². The van der Waals surface area contributed by atoms with Crippen molar-refractivity contribution in [1.82, 2.24) is 0 Å². The van der Waals surface area contributed by atoms with Gasteiger partial charge in [0.15, 0.2) is 0 Å². The Labute approximate surface area is 97.4 Å². The molecule has 0 aliphatic heterocycles. The summed E-state index contributed by atoms with van der Waals surface area (Å²) in [6.45, 7) is 6.20. The van der Waals surface area contributed by atoms with E-state index in [2.05, 4.69) is 13.8 Å². The monoisotopic (exact) mass is 272 g/mol. The van der Waals surface area contributed by atoms with E-state index in [0.29, 0.717) is 23.8 Å². The van der Waals surface area contributed by atoms with Gasteiger partial charge in [0.25, 0.3) is 0 Å². The molecule has 0 N–H and O–H groups in total. The van der Waals surface area contributed by atoms with Crippen molar-refractivity contribution in [1.29, 1.82) is 0 Å². The SMILES string of the molecule is CCCPOP(=O)(CCC)OPCCC. The fraction of sp³-hybridized carbons (Fsp3) is 1.00. The van der Waals surface area contributed by atoms with Gasteiger partial charge in [0.2, 0.25) is 0 Å². The minimum Gasteiger partial charge on any atom is -0.289 e. The highest BCUT2D eigenvalue weighted by Gasteiger charge is 2.22. The lowest BCUT2D eigenvalue weighted by molar-refractivity contribution is 0.422. The molecule has 3 nitrogen and oxygen atoms in total. The van der Waals surface area contributed by atoms with Crippen LogP contribution >= 0.6 is 25.2 Å². The lowest BCUT2D eigenvalue weighted by atomic mass is 10.6. The Bertz CT molecular complexity index is 173. The van der Waals surface area contributed by atoms with Crippen LogP contribution in [-0.2, 0) is 13.2 Å². The van der Waals surface area contributed by atoms with E-state index in [1.54, 1.807) is 0 Å². The molecule has 0 aromatic rings. The molecule has 0 heterocycles. The first-order valence-electron chi connectivity index (χ1n) is 5.60. The van der Waals surface area contributed by atoms with Crippen LogP contribution in [0.3, 0.4) is 0 Å². The fourth-order valence-corrected chi connectivity index (χ4v) is 5.35. The van der Waals surface area contributed by atoms with Crippen LogP contribution in [-0.4, -0.2) is 18.5 Å². The van der Waals surface area contributed by atoms with Gasteiger partial charge in [0.1, 0.15) is 0 Å². The van der Waals surface area contributed by atoms with Crippen molar-refractivity contribution in [2.75, 3.05) is 18.5 Å². The van der Waals surface area contributed by atoms with Crippen molar-refractivity contribution in [2.45, 2.75) is 40.0 Å². The molecule has 6 heteroatoms. The molecule has 2 unspecified atom stereocenters. The van der Waals surface area contributed by atoms with Gasteiger partial charge in [-0.3, -0.25) is 13.2 Å². The zero-order valence-electron chi connectivity index (χ0n) is 9.91. The molecule has 2 atom stereocenters. The van der Waals surface area contributed by atoms with E-state index >= 15 is 0 Å². The van der Waals surface area contributed by atoms with Crippen molar-refractivity contribution < 1.29 is 13.2 Å². The van der Waals surface area contributed by atoms with Gasteiger partial charge in [0.05, 0.1) is 6.16 Å². The molecule has 92 valence electrons. The Hall–Kier alpha value is 1.01. The van der Waals surface area contributed by atoms with Crippen LogP contribution in [0, 0.1) is 0 Å². The number of hydrogen-bond donors (Lipinski definition) is 0. The highest BCUT2D eigenvalue weighted by atomic mass is 31.2. The summed E-state index contributed by atoms with van der Waals surface area (Å²) in [5.74, 6) is 0. The van der Waals surface area contributed by atoms with Crippen LogP contribution in [0.1, 0.15) is 40.0 Å². The third-order valence-corrected chi connectivity index (χ3v) is 7.27. The van der Waals surface area contributed by atoms with Gasteiger partial charge in [-0.15, -0.1) is 0 Å². The predicted molar refractivity (Wildman–Crippen MR) is 71.9 cm³/mol. The van der Waals surface area contributed by atoms with E-state index in [-0.39, 0.29) is 0 Å². The smallest absolute Gasteiger partial charge is 0.289 e. The van der Waals surface area contributed by atoms with Gasteiger partial charge in [-0.05, 0) is 18.7 Å². The van der Waals surface area contributed by atoms with Crippen LogP contribution in [0.4, 0.5) is 0 Å². The number of hydrogen-bond acceptors (Lipinski definition) is 3. The maximum absolute atomic E-state index is 12.1. The van der Waals surface area contributed by atoms with Gasteiger partial charge >= 0.3 is 7.60 Å². The van der Waals surface area contributed by atoms with E-state index in [0.717, 1.165) is 31.6 Å². The average molecular weight is 272 g/mol. The molecule has 0 fully saturated rings. The maximum Gasteiger partial charge on any atom is 0.336 e. The lowest BCUT2D eigenvalue weighted by Gasteiger charge is -2.17. The van der Waals surface area contributed by atoms with Crippen LogP contribution in [0.25, 0.3) is 0 Å². The van der Waals surface area contributed by atoms with Crippen molar-refractivity contribution in [2.24, 2.45) is 0 Å². The Morgan fingerprint density at radius 1 is 0.933 bits per heavy atom. The molecule has 0 spiro atoms. The summed E-state index contributed by atoms with van der Waals surface area (Å²) in [7, 11) is -2.11. The molecule has 0 aliphatic carbocycles. The summed E-state index contributed by atoms with van der Waals surface area (Å²) in [4.78, 5) is 0. The standard InChI is InChI=1S/C9H23O3P3/c1-4-7-13-11-15(10,9-6-3)12-14-8-5-2/h13-14H,4-9H2,1-3H3. The van der Waals surface area contributed by atoms with Crippen LogP contribution in [0.15, 0.2) is 0 Å². The highest BCUT2D eigenvalue weighted by Crippen LogP contribution is 2.57. The second kappa shape index (κ2) is 10.2. The molecular weight excluding hydrogens is 249 g/mol. The van der Waals surface area contributed by atoms with Crippen molar-refractivity contribution in [3.63, 3.8) is 0 Å². The Morgan fingerprint density at radius 3 is 1.73 bits per heavy atom. The zero-order valence-corrected chi connectivity index (χ0v) is 12.8. The van der Waals surface area contributed by atoms with Crippen molar-refractivity contribution in [3.8, 4) is 0 Å². The van der Waals surface area contributed by atoms with Gasteiger partial charge in [-0.2, -0.15) is 0 Å². The van der Waals surface area contributed by atoms with Gasteiger partial charge in [-0.25, -0.2) is 0 Å². The second-order valence-corrected chi connectivity index (χ2v) is 8.01. The summed E-state index contributed by atoms with van der Waals surface area (Å²) in [5.41, 5.74) is 0. The Morgan fingerprint density at radius 2 is 1.40 bits per heavy atom. The largest absolute Gasteiger partial charge is 0.336 e. The number of rotatable bonds is 10. The van der Waals surface area contributed by atoms with Crippen molar-refractivity contribution in [3.05, 3.63) is 0 Å². The minimum atomic E-state index is -2.75. The molecule has 15 heavy (non-hydrogen) atoms. The topological polar surface area (TPSA) is 35.5 Å². The lowest BCUT2D eigenvalue weighted by Crippen LogP contribution is -1.91. The first-order chi connectivity index (χ1) is 7.18. The Balaban J connectivity index is 3.89. The molecular formula is C9H23O3P3. The van der Waals surface area contributed by atoms with E-state index in [9.17, 15) is 4.57 Å². The molecule has 0 saturated carbocycles. The quantitative estimate of drug-likeness (QED) is 0.429. The van der Waals surface area contributed by atoms with Crippen LogP contribution < -0.4 is 0 Å². The predicted octanol–water partition coefficient (Wildman–Crippen LogP) is 4.63. The molecule has 0 aliphatic rings. The first kappa shape index (κ1) is 16.0. The first-order valence-corrected chi connectivity index (χ1v) is 9.56. The summed E-state index contributed by atoms with van der Waals surface area (Å²) < 4.78 is 23.0. The molecule has 0 aromatic heterocycles. The van der Waals surface area contributed by atoms with Crippen LogP contribution in [0.2, 0.25) is 0 Å². The molecule has 0 bridgehead atoms. The molecule has 0 amide bonds. The minimum absolute atomic E-state index is 0.322. The van der Waals surface area contributed by atoms with Crippen molar-refractivity contribution >= 4 is 25.2 Å². The van der Waals surface area contributed by atoms with Gasteiger partial charge < -0.3 is 0 Å². The summed E-state index contributed by atoms with van der Waals surface area (Å²) in [6.07, 6.45) is 5.51. The molecule has 0 radical (unpaired) electrons. The van der Waals surface area contributed by atoms with Gasteiger partial charge in [0, 0.05) is 17.6 Å². The molecule has 0 aromatic carbocycles. The third-order valence-electron chi connectivity index (χ3n) is 1.61. The highest BCUT2D eigenvalue weighted by molar-refractivity contribution is 7.64. The summed E-state index contributed by atoms with van der Waals surface area (Å²) in [6, 6.07) is 0. The molecule has 0 saturated heterocycles. The van der Waals surface area contributed by atoms with E-state index in [1.807, 2.05) is 6.92 Å². The third kappa shape index (κ3) is 8.78. The maximum atomic E-state index is 12.1. The van der Waals surface area contributed by atoms with E-state index < -0.39 is 7.60 Å². The summed E-state index contributed by atoms with van der Waals surface area (Å²) >= 11 is 0. The normalized spacial score (nSPS) is 16.7. The molecule has 0 rings (SSSR count). The van der Waals surface area contributed by atoms with E-state index in [4.69, 9.17) is 8.62 Å². The Kier molecular flexibility index (Phi) is 10.9. The zero-order chi connectivity index (χ0) is 11.6. The summed E-state index contributed by atoms with van der Waals surface area (Å²) in [5, 5.41) is 0. The van der Waals surface area contributed by atoms with E-state index in [1.165, 1.54) is 0 Å².